The van der Waals surface area contributed by atoms with E-state index in [2.05, 4.69) is 27.9 Å². The van der Waals surface area contributed by atoms with Gasteiger partial charge in [-0.25, -0.2) is 0 Å². The summed E-state index contributed by atoms with van der Waals surface area (Å²) in [6.45, 7) is 0. The largest absolute Gasteiger partial charge is 0.496 e. The van der Waals surface area contributed by atoms with Gasteiger partial charge in [0, 0.05) is 3.57 Å². The van der Waals surface area contributed by atoms with E-state index in [-0.39, 0.29) is 11.9 Å². The maximum absolute atomic E-state index is 12.5. The monoisotopic (exact) mass is 423 g/mol. The first-order valence-corrected chi connectivity index (χ1v) is 8.50. The number of benzene rings is 1. The standard InChI is InChI=1S/C15H19ClINO3/c1-21-14-8-11(17)10(16)7-9(14)15(20)18-12-5-3-2-4-6-13(12)19/h7-8,12-13,19H,2-6H2,1H3,(H,18,20). The molecule has 21 heavy (non-hydrogen) atoms. The molecule has 0 heterocycles. The number of carbonyl (C=O) groups is 1. The van der Waals surface area contributed by atoms with Crippen molar-refractivity contribution in [2.24, 2.45) is 0 Å². The minimum atomic E-state index is -0.484. The third kappa shape index (κ3) is 4.23. The predicted molar refractivity (Wildman–Crippen MR) is 91.1 cm³/mol. The number of hydrogen-bond donors (Lipinski definition) is 2. The third-order valence-corrected chi connectivity index (χ3v) is 5.31. The van der Waals surface area contributed by atoms with Crippen LogP contribution in [0.1, 0.15) is 42.5 Å². The summed E-state index contributed by atoms with van der Waals surface area (Å²) in [4.78, 5) is 12.5. The van der Waals surface area contributed by atoms with Gasteiger partial charge >= 0.3 is 0 Å². The number of halogens is 2. The van der Waals surface area contributed by atoms with Gasteiger partial charge in [0.25, 0.3) is 5.91 Å². The number of aliphatic hydroxyl groups is 1. The van der Waals surface area contributed by atoms with Crippen LogP contribution in [0.5, 0.6) is 5.75 Å². The average Bonchev–Trinajstić information content (AvgIpc) is 2.66. The van der Waals surface area contributed by atoms with Crippen LogP contribution in [0.4, 0.5) is 0 Å². The van der Waals surface area contributed by atoms with Crippen LogP contribution < -0.4 is 10.1 Å². The van der Waals surface area contributed by atoms with Gasteiger partial charge < -0.3 is 15.2 Å². The van der Waals surface area contributed by atoms with Crippen LogP contribution in [-0.4, -0.2) is 30.3 Å². The van der Waals surface area contributed by atoms with Gasteiger partial charge in [-0.15, -0.1) is 0 Å². The van der Waals surface area contributed by atoms with Crippen LogP contribution >= 0.6 is 34.2 Å². The van der Waals surface area contributed by atoms with E-state index in [0.717, 1.165) is 35.7 Å². The quantitative estimate of drug-likeness (QED) is 0.579. The van der Waals surface area contributed by atoms with Crippen molar-refractivity contribution in [1.29, 1.82) is 0 Å². The second-order valence-electron chi connectivity index (χ2n) is 5.25. The zero-order valence-electron chi connectivity index (χ0n) is 11.9. The van der Waals surface area contributed by atoms with Crippen molar-refractivity contribution in [1.82, 2.24) is 5.32 Å². The summed E-state index contributed by atoms with van der Waals surface area (Å²) in [5.74, 6) is 0.237. The highest BCUT2D eigenvalue weighted by Crippen LogP contribution is 2.28. The molecule has 1 aromatic carbocycles. The molecule has 1 aromatic rings. The highest BCUT2D eigenvalue weighted by molar-refractivity contribution is 14.1. The van der Waals surface area contributed by atoms with Gasteiger partial charge in [0.2, 0.25) is 0 Å². The van der Waals surface area contributed by atoms with Gasteiger partial charge in [0.1, 0.15) is 5.75 Å². The smallest absolute Gasteiger partial charge is 0.255 e. The minimum Gasteiger partial charge on any atom is -0.496 e. The summed E-state index contributed by atoms with van der Waals surface area (Å²) < 4.78 is 6.09. The molecule has 0 spiro atoms. The van der Waals surface area contributed by atoms with Crippen LogP contribution in [-0.2, 0) is 0 Å². The molecule has 2 unspecified atom stereocenters. The number of nitrogens with one attached hydrogen (secondary N) is 1. The van der Waals surface area contributed by atoms with E-state index in [1.807, 2.05) is 0 Å². The van der Waals surface area contributed by atoms with Gasteiger partial charge in [-0.2, -0.15) is 0 Å². The normalized spacial score (nSPS) is 22.5. The first-order chi connectivity index (χ1) is 10.0. The zero-order chi connectivity index (χ0) is 15.4. The van der Waals surface area contributed by atoms with Crippen molar-refractivity contribution >= 4 is 40.1 Å². The van der Waals surface area contributed by atoms with E-state index in [4.69, 9.17) is 16.3 Å². The van der Waals surface area contributed by atoms with E-state index in [0.29, 0.717) is 16.3 Å². The van der Waals surface area contributed by atoms with E-state index in [1.165, 1.54) is 7.11 Å². The Labute approximate surface area is 143 Å². The summed E-state index contributed by atoms with van der Waals surface area (Å²) in [6.07, 6.45) is 4.17. The Kier molecular flexibility index (Phi) is 6.13. The molecule has 0 saturated heterocycles. The molecule has 1 saturated carbocycles. The Hall–Kier alpha value is -0.530. The fourth-order valence-corrected chi connectivity index (χ4v) is 3.18. The number of aliphatic hydroxyl groups excluding tert-OH is 1. The maximum Gasteiger partial charge on any atom is 0.255 e. The van der Waals surface area contributed by atoms with E-state index < -0.39 is 6.10 Å². The van der Waals surface area contributed by atoms with E-state index >= 15 is 0 Å². The van der Waals surface area contributed by atoms with Crippen molar-refractivity contribution in [3.63, 3.8) is 0 Å². The van der Waals surface area contributed by atoms with Crippen LogP contribution in [0.2, 0.25) is 5.02 Å². The molecular formula is C15H19ClINO3. The predicted octanol–water partition coefficient (Wildman–Crippen LogP) is 3.38. The Morgan fingerprint density at radius 1 is 1.38 bits per heavy atom. The van der Waals surface area contributed by atoms with Crippen molar-refractivity contribution in [3.05, 3.63) is 26.3 Å². The number of hydrogen-bond acceptors (Lipinski definition) is 3. The molecule has 0 aliphatic heterocycles. The molecule has 1 fully saturated rings. The molecular weight excluding hydrogens is 405 g/mol. The van der Waals surface area contributed by atoms with Crippen LogP contribution in [0.15, 0.2) is 12.1 Å². The molecule has 0 aromatic heterocycles. The topological polar surface area (TPSA) is 58.6 Å². The van der Waals surface area contributed by atoms with Crippen molar-refractivity contribution in [2.45, 2.75) is 44.2 Å². The van der Waals surface area contributed by atoms with Gasteiger partial charge in [-0.1, -0.05) is 30.9 Å². The van der Waals surface area contributed by atoms with Crippen molar-refractivity contribution in [2.75, 3.05) is 7.11 Å². The lowest BCUT2D eigenvalue weighted by Gasteiger charge is -2.22. The molecule has 6 heteroatoms. The maximum atomic E-state index is 12.5. The fraction of sp³-hybridized carbons (Fsp3) is 0.533. The summed E-state index contributed by atoms with van der Waals surface area (Å²) in [5.41, 5.74) is 0.402. The lowest BCUT2D eigenvalue weighted by Crippen LogP contribution is -2.42. The van der Waals surface area contributed by atoms with E-state index in [1.54, 1.807) is 12.1 Å². The zero-order valence-corrected chi connectivity index (χ0v) is 14.8. The van der Waals surface area contributed by atoms with Gasteiger partial charge in [-0.3, -0.25) is 4.79 Å². The molecule has 4 nitrogen and oxygen atoms in total. The molecule has 1 aliphatic carbocycles. The number of ether oxygens (including phenoxy) is 1. The van der Waals surface area contributed by atoms with Gasteiger partial charge in [0.15, 0.2) is 0 Å². The van der Waals surface area contributed by atoms with Crippen molar-refractivity contribution < 1.29 is 14.6 Å². The van der Waals surface area contributed by atoms with Gasteiger partial charge in [0.05, 0.1) is 29.8 Å². The first-order valence-electron chi connectivity index (χ1n) is 7.05. The molecule has 0 radical (unpaired) electrons. The Morgan fingerprint density at radius 2 is 2.10 bits per heavy atom. The molecule has 2 rings (SSSR count). The number of methoxy groups -OCH3 is 1. The van der Waals surface area contributed by atoms with Crippen LogP contribution in [0.3, 0.4) is 0 Å². The summed E-state index contributed by atoms with van der Waals surface area (Å²) in [5, 5.41) is 13.5. The SMILES string of the molecule is COc1cc(I)c(Cl)cc1C(=O)NC1CCCCCC1O. The van der Waals surface area contributed by atoms with Crippen molar-refractivity contribution in [3.8, 4) is 5.75 Å². The fourth-order valence-electron chi connectivity index (χ4n) is 2.58. The first kappa shape index (κ1) is 16.8. The molecule has 116 valence electrons. The second kappa shape index (κ2) is 7.65. The highest BCUT2D eigenvalue weighted by atomic mass is 127. The lowest BCUT2D eigenvalue weighted by molar-refractivity contribution is 0.0816. The summed E-state index contributed by atoms with van der Waals surface area (Å²) >= 11 is 8.19. The average molecular weight is 424 g/mol. The Bertz CT molecular complexity index is 524. The molecule has 2 N–H and O–H groups in total. The molecule has 2 atom stereocenters. The van der Waals surface area contributed by atoms with Crippen LogP contribution in [0, 0.1) is 3.57 Å². The number of carbonyl (C=O) groups excluding carboxylic acids is 1. The summed E-state index contributed by atoms with van der Waals surface area (Å²) in [7, 11) is 1.52. The Balaban J connectivity index is 2.17. The number of amides is 1. The summed E-state index contributed by atoms with van der Waals surface area (Å²) in [6, 6.07) is 3.14. The van der Waals surface area contributed by atoms with Gasteiger partial charge in [-0.05, 0) is 47.6 Å². The van der Waals surface area contributed by atoms with Crippen LogP contribution in [0.25, 0.3) is 0 Å². The molecule has 1 aliphatic rings. The molecule has 0 bridgehead atoms. The highest BCUT2D eigenvalue weighted by Gasteiger charge is 2.25. The number of rotatable bonds is 3. The second-order valence-corrected chi connectivity index (χ2v) is 6.82. The minimum absolute atomic E-state index is 0.206. The third-order valence-electron chi connectivity index (χ3n) is 3.78. The lowest BCUT2D eigenvalue weighted by atomic mass is 10.1. The van der Waals surface area contributed by atoms with E-state index in [9.17, 15) is 9.90 Å². The molecule has 1 amide bonds. The Morgan fingerprint density at radius 3 is 2.81 bits per heavy atom.